The summed E-state index contributed by atoms with van der Waals surface area (Å²) < 4.78 is 7.70. The lowest BCUT2D eigenvalue weighted by Gasteiger charge is -2.18. The van der Waals surface area contributed by atoms with Gasteiger partial charge in [0.2, 0.25) is 0 Å². The lowest BCUT2D eigenvalue weighted by atomic mass is 10.2. The second kappa shape index (κ2) is 6.35. The number of nitrogens with zero attached hydrogens (tertiary/aromatic N) is 5. The van der Waals surface area contributed by atoms with Crippen LogP contribution in [0.25, 0.3) is 22.7 Å². The minimum atomic E-state index is 0.0248. The maximum absolute atomic E-state index is 12.8. The average molecular weight is 359 g/mol. The van der Waals surface area contributed by atoms with Gasteiger partial charge < -0.3 is 13.9 Å². The zero-order valence-electron chi connectivity index (χ0n) is 14.5. The first kappa shape index (κ1) is 15.7. The number of hydrogen-bond donors (Lipinski definition) is 0. The Labute approximate surface area is 155 Å². The van der Waals surface area contributed by atoms with Crippen molar-refractivity contribution in [1.82, 2.24) is 24.4 Å². The molecular formula is C20H17N5O2. The molecule has 4 aromatic rings. The fourth-order valence-corrected chi connectivity index (χ4v) is 3.67. The molecule has 7 nitrogen and oxygen atoms in total. The molecule has 5 rings (SSSR count). The molecule has 1 amide bonds. The number of rotatable bonds is 3. The van der Waals surface area contributed by atoms with Crippen molar-refractivity contribution in [3.63, 3.8) is 0 Å². The zero-order chi connectivity index (χ0) is 18.2. The highest BCUT2D eigenvalue weighted by molar-refractivity contribution is 5.94. The van der Waals surface area contributed by atoms with Gasteiger partial charge in [-0.05, 0) is 42.8 Å². The van der Waals surface area contributed by atoms with Crippen LogP contribution in [0.1, 0.15) is 22.8 Å². The van der Waals surface area contributed by atoms with Crippen LogP contribution in [0.2, 0.25) is 0 Å². The summed E-state index contributed by atoms with van der Waals surface area (Å²) in [7, 11) is 0. The molecule has 0 bridgehead atoms. The van der Waals surface area contributed by atoms with Crippen molar-refractivity contribution in [2.24, 2.45) is 0 Å². The zero-order valence-corrected chi connectivity index (χ0v) is 14.5. The van der Waals surface area contributed by atoms with Gasteiger partial charge in [-0.1, -0.05) is 0 Å². The highest BCUT2D eigenvalue weighted by Crippen LogP contribution is 2.32. The number of furan rings is 1. The first-order valence-electron chi connectivity index (χ1n) is 8.87. The number of aromatic nitrogens is 4. The summed E-state index contributed by atoms with van der Waals surface area (Å²) in [6.07, 6.45) is 7.53. The molecule has 0 unspecified atom stereocenters. The highest BCUT2D eigenvalue weighted by Gasteiger charge is 2.31. The Morgan fingerprint density at radius 3 is 2.81 bits per heavy atom. The first-order valence-corrected chi connectivity index (χ1v) is 8.87. The number of fused-ring (bicyclic) bond motifs is 1. The molecule has 0 N–H and O–H groups in total. The topological polar surface area (TPSA) is 77.0 Å². The van der Waals surface area contributed by atoms with E-state index >= 15 is 0 Å². The monoisotopic (exact) mass is 359 g/mol. The highest BCUT2D eigenvalue weighted by atomic mass is 16.3. The molecule has 4 aromatic heterocycles. The predicted octanol–water partition coefficient (Wildman–Crippen LogP) is 3.17. The molecule has 5 heterocycles. The van der Waals surface area contributed by atoms with Gasteiger partial charge >= 0.3 is 0 Å². The number of carbonyl (C=O) groups excluding carboxylic acids is 1. The summed E-state index contributed by atoms with van der Waals surface area (Å²) >= 11 is 0. The molecule has 1 aliphatic heterocycles. The Morgan fingerprint density at radius 2 is 2.00 bits per heavy atom. The lowest BCUT2D eigenvalue weighted by Crippen LogP contribution is -2.29. The van der Waals surface area contributed by atoms with Crippen molar-refractivity contribution in [2.45, 2.75) is 12.5 Å². The Balaban J connectivity index is 1.51. The third-order valence-corrected chi connectivity index (χ3v) is 4.93. The summed E-state index contributed by atoms with van der Waals surface area (Å²) in [4.78, 5) is 27.9. The number of imidazole rings is 1. The van der Waals surface area contributed by atoms with Crippen LogP contribution in [0.3, 0.4) is 0 Å². The molecule has 7 heteroatoms. The van der Waals surface area contributed by atoms with Crippen LogP contribution in [0, 0.1) is 0 Å². The normalized spacial score (nSPS) is 16.9. The van der Waals surface area contributed by atoms with E-state index in [4.69, 9.17) is 9.40 Å². The van der Waals surface area contributed by atoms with E-state index in [2.05, 4.69) is 14.5 Å². The van der Waals surface area contributed by atoms with Gasteiger partial charge in [0.1, 0.15) is 5.52 Å². The fraction of sp³-hybridized carbons (Fsp3) is 0.200. The second-order valence-corrected chi connectivity index (χ2v) is 6.56. The summed E-state index contributed by atoms with van der Waals surface area (Å²) in [5.74, 6) is 1.47. The van der Waals surface area contributed by atoms with E-state index in [9.17, 15) is 4.79 Å². The Hall–Kier alpha value is -3.48. The van der Waals surface area contributed by atoms with E-state index in [0.29, 0.717) is 24.4 Å². The molecule has 134 valence electrons. The molecule has 1 atom stereocenters. The van der Waals surface area contributed by atoms with Crippen molar-refractivity contribution in [3.8, 4) is 11.6 Å². The molecule has 1 fully saturated rings. The first-order chi connectivity index (χ1) is 13.3. The van der Waals surface area contributed by atoms with Gasteiger partial charge in [0.05, 0.1) is 12.3 Å². The third-order valence-electron chi connectivity index (χ3n) is 4.93. The molecule has 1 aliphatic rings. The number of pyridine rings is 2. The van der Waals surface area contributed by atoms with Crippen LogP contribution in [-0.2, 0) is 0 Å². The van der Waals surface area contributed by atoms with E-state index in [1.54, 1.807) is 37.0 Å². The summed E-state index contributed by atoms with van der Waals surface area (Å²) in [5, 5.41) is 0. The van der Waals surface area contributed by atoms with Crippen LogP contribution < -0.4 is 0 Å². The van der Waals surface area contributed by atoms with Gasteiger partial charge in [-0.25, -0.2) is 9.97 Å². The summed E-state index contributed by atoms with van der Waals surface area (Å²) in [6.45, 7) is 1.30. The van der Waals surface area contributed by atoms with Gasteiger partial charge in [0.25, 0.3) is 5.91 Å². The minimum absolute atomic E-state index is 0.0248. The van der Waals surface area contributed by atoms with E-state index in [1.165, 1.54) is 0 Å². The summed E-state index contributed by atoms with van der Waals surface area (Å²) in [5.41, 5.74) is 2.29. The summed E-state index contributed by atoms with van der Waals surface area (Å²) in [6, 6.07) is 11.2. The standard InChI is InChI=1S/C20H17N5O2/c26-20(14-5-9-21-10-6-14)24-11-7-15(13-24)25-18-16(3-1-8-22-18)23-19(25)17-4-2-12-27-17/h1-6,8-10,12,15H,7,11,13H2/t15-/m0/s1. The van der Waals surface area contributed by atoms with Crippen molar-refractivity contribution in [1.29, 1.82) is 0 Å². The van der Waals surface area contributed by atoms with E-state index < -0.39 is 0 Å². The number of carbonyl (C=O) groups is 1. The van der Waals surface area contributed by atoms with Gasteiger partial charge in [0, 0.05) is 37.2 Å². The largest absolute Gasteiger partial charge is 0.461 e. The molecule has 0 saturated carbocycles. The van der Waals surface area contributed by atoms with Gasteiger partial charge in [-0.2, -0.15) is 0 Å². The van der Waals surface area contributed by atoms with E-state index in [1.807, 2.05) is 29.2 Å². The van der Waals surface area contributed by atoms with E-state index in [0.717, 1.165) is 23.4 Å². The SMILES string of the molecule is O=C(c1ccncc1)N1CC[C@H](n2c(-c3ccco3)nc3cccnc32)C1. The maximum Gasteiger partial charge on any atom is 0.254 e. The van der Waals surface area contributed by atoms with Crippen molar-refractivity contribution < 1.29 is 9.21 Å². The molecule has 1 saturated heterocycles. The molecule has 0 radical (unpaired) electrons. The molecular weight excluding hydrogens is 342 g/mol. The van der Waals surface area contributed by atoms with Gasteiger partial charge in [0.15, 0.2) is 17.2 Å². The van der Waals surface area contributed by atoms with Crippen molar-refractivity contribution >= 4 is 17.1 Å². The van der Waals surface area contributed by atoms with Gasteiger partial charge in [-0.15, -0.1) is 0 Å². The van der Waals surface area contributed by atoms with Crippen LogP contribution >= 0.6 is 0 Å². The second-order valence-electron chi connectivity index (χ2n) is 6.56. The third kappa shape index (κ3) is 2.68. The van der Waals surface area contributed by atoms with E-state index in [-0.39, 0.29) is 11.9 Å². The lowest BCUT2D eigenvalue weighted by molar-refractivity contribution is 0.0788. The van der Waals surface area contributed by atoms with Crippen molar-refractivity contribution in [3.05, 3.63) is 66.8 Å². The van der Waals surface area contributed by atoms with Crippen LogP contribution in [0.15, 0.2) is 65.7 Å². The fourth-order valence-electron chi connectivity index (χ4n) is 3.67. The molecule has 0 aliphatic carbocycles. The smallest absolute Gasteiger partial charge is 0.254 e. The number of hydrogen-bond acceptors (Lipinski definition) is 5. The van der Waals surface area contributed by atoms with Crippen LogP contribution in [0.5, 0.6) is 0 Å². The molecule has 27 heavy (non-hydrogen) atoms. The Kier molecular flexibility index (Phi) is 3.71. The minimum Gasteiger partial charge on any atom is -0.461 e. The molecule has 0 aromatic carbocycles. The number of amides is 1. The average Bonchev–Trinajstić information content (AvgIpc) is 3.46. The van der Waals surface area contributed by atoms with Crippen LogP contribution in [-0.4, -0.2) is 43.4 Å². The maximum atomic E-state index is 12.8. The molecule has 0 spiro atoms. The van der Waals surface area contributed by atoms with Crippen LogP contribution in [0.4, 0.5) is 0 Å². The predicted molar refractivity (Wildman–Crippen MR) is 99.0 cm³/mol. The Bertz CT molecular complexity index is 1090. The number of likely N-dealkylation sites (tertiary alicyclic amines) is 1. The Morgan fingerprint density at radius 1 is 1.11 bits per heavy atom. The van der Waals surface area contributed by atoms with Gasteiger partial charge in [-0.3, -0.25) is 9.78 Å². The van der Waals surface area contributed by atoms with Crippen molar-refractivity contribution in [2.75, 3.05) is 13.1 Å². The quantitative estimate of drug-likeness (QED) is 0.561.